The fourth-order valence-corrected chi connectivity index (χ4v) is 3.79. The Balaban J connectivity index is 1.37. The van der Waals surface area contributed by atoms with E-state index in [1.165, 1.54) is 0 Å². The van der Waals surface area contributed by atoms with Crippen LogP contribution in [0.3, 0.4) is 0 Å². The van der Waals surface area contributed by atoms with Gasteiger partial charge in [-0.1, -0.05) is 29.3 Å². The van der Waals surface area contributed by atoms with Crippen LogP contribution in [0.25, 0.3) is 11.4 Å². The van der Waals surface area contributed by atoms with E-state index in [9.17, 15) is 14.7 Å². The number of aryl methyl sites for hydroxylation is 1. The number of carbonyl (C=O) groups excluding carboxylic acids is 1. The molecule has 1 fully saturated rings. The lowest BCUT2D eigenvalue weighted by molar-refractivity contribution is -0.143. The predicted molar refractivity (Wildman–Crippen MR) is 116 cm³/mol. The van der Waals surface area contributed by atoms with E-state index in [1.807, 2.05) is 31.2 Å². The van der Waals surface area contributed by atoms with Crippen molar-refractivity contribution >= 4 is 23.4 Å². The molecule has 1 heterocycles. The minimum Gasteiger partial charge on any atom is -0.481 e. The number of hydrogen-bond acceptors (Lipinski definition) is 5. The molecule has 1 saturated carbocycles. The number of anilines is 2. The predicted octanol–water partition coefficient (Wildman–Crippen LogP) is 5.05. The summed E-state index contributed by atoms with van der Waals surface area (Å²) in [4.78, 5) is 27.9. The van der Waals surface area contributed by atoms with Crippen molar-refractivity contribution in [3.05, 3.63) is 60.0 Å². The number of nitrogens with one attached hydrogen (secondary N) is 2. The summed E-state index contributed by atoms with van der Waals surface area (Å²) < 4.78 is 5.42. The molecule has 1 aliphatic rings. The molecule has 31 heavy (non-hydrogen) atoms. The van der Waals surface area contributed by atoms with Crippen LogP contribution in [0.5, 0.6) is 0 Å². The molecule has 3 aromatic rings. The Bertz CT molecular complexity index is 1060. The average molecular weight is 420 g/mol. The summed E-state index contributed by atoms with van der Waals surface area (Å²) in [5.74, 6) is -0.212. The van der Waals surface area contributed by atoms with Crippen molar-refractivity contribution in [1.82, 2.24) is 10.1 Å². The number of urea groups is 1. The van der Waals surface area contributed by atoms with Gasteiger partial charge in [-0.15, -0.1) is 0 Å². The fourth-order valence-electron chi connectivity index (χ4n) is 3.79. The summed E-state index contributed by atoms with van der Waals surface area (Å²) in [6.45, 7) is 1.99. The minimum atomic E-state index is -0.765. The number of rotatable bonds is 5. The molecule has 0 spiro atoms. The first-order chi connectivity index (χ1) is 15.0. The third kappa shape index (κ3) is 5.09. The summed E-state index contributed by atoms with van der Waals surface area (Å²) in [7, 11) is 0. The van der Waals surface area contributed by atoms with Crippen molar-refractivity contribution in [1.29, 1.82) is 0 Å². The second kappa shape index (κ2) is 8.99. The quantitative estimate of drug-likeness (QED) is 0.532. The van der Waals surface area contributed by atoms with Gasteiger partial charge in [0.25, 0.3) is 0 Å². The number of amides is 2. The van der Waals surface area contributed by atoms with Gasteiger partial charge in [0.05, 0.1) is 5.92 Å². The average Bonchev–Trinajstić information content (AvgIpc) is 3.26. The van der Waals surface area contributed by atoms with Gasteiger partial charge < -0.3 is 20.3 Å². The molecule has 0 bridgehead atoms. The molecular weight excluding hydrogens is 396 g/mol. The van der Waals surface area contributed by atoms with Crippen LogP contribution in [0.15, 0.2) is 53.1 Å². The van der Waals surface area contributed by atoms with Crippen LogP contribution < -0.4 is 10.6 Å². The van der Waals surface area contributed by atoms with Gasteiger partial charge in [0, 0.05) is 22.9 Å². The highest BCUT2D eigenvalue weighted by Crippen LogP contribution is 2.36. The Morgan fingerprint density at radius 1 is 1.00 bits per heavy atom. The number of hydrogen-bond donors (Lipinski definition) is 3. The summed E-state index contributed by atoms with van der Waals surface area (Å²) in [5, 5.41) is 18.9. The minimum absolute atomic E-state index is 0.0255. The van der Waals surface area contributed by atoms with E-state index in [2.05, 4.69) is 20.8 Å². The highest BCUT2D eigenvalue weighted by Gasteiger charge is 2.31. The largest absolute Gasteiger partial charge is 0.481 e. The smallest absolute Gasteiger partial charge is 0.323 e. The maximum atomic E-state index is 12.2. The lowest BCUT2D eigenvalue weighted by Gasteiger charge is -2.23. The van der Waals surface area contributed by atoms with Crippen LogP contribution in [-0.4, -0.2) is 27.2 Å². The number of carbonyl (C=O) groups is 2. The molecule has 1 aliphatic carbocycles. The highest BCUT2D eigenvalue weighted by atomic mass is 16.5. The molecule has 0 radical (unpaired) electrons. The Morgan fingerprint density at radius 2 is 1.65 bits per heavy atom. The van der Waals surface area contributed by atoms with Crippen LogP contribution in [-0.2, 0) is 4.79 Å². The summed E-state index contributed by atoms with van der Waals surface area (Å²) in [6.07, 6.45) is 2.91. The molecule has 8 nitrogen and oxygen atoms in total. The Kier molecular flexibility index (Phi) is 5.97. The zero-order valence-electron chi connectivity index (χ0n) is 17.2. The standard InChI is InChI=1S/C23H24N4O4/c1-14-5-9-18(10-6-14)24-23(30)25-19-11-7-15(8-12-19)20-26-21(31-27-20)16-3-2-4-17(13-16)22(28)29/h5-12,16-17H,2-4,13H2,1H3,(H,28,29)(H2,24,25,30). The van der Waals surface area contributed by atoms with Crippen LogP contribution in [0, 0.1) is 12.8 Å². The highest BCUT2D eigenvalue weighted by molar-refractivity contribution is 5.99. The van der Waals surface area contributed by atoms with Crippen molar-refractivity contribution in [3.63, 3.8) is 0 Å². The van der Waals surface area contributed by atoms with Gasteiger partial charge in [-0.3, -0.25) is 4.79 Å². The van der Waals surface area contributed by atoms with Gasteiger partial charge >= 0.3 is 12.0 Å². The fraction of sp³-hybridized carbons (Fsp3) is 0.304. The topological polar surface area (TPSA) is 117 Å². The Labute approximate surface area is 179 Å². The normalized spacial score (nSPS) is 18.4. The van der Waals surface area contributed by atoms with Gasteiger partial charge in [0.2, 0.25) is 11.7 Å². The lowest BCUT2D eigenvalue weighted by Crippen LogP contribution is -2.21. The first-order valence-electron chi connectivity index (χ1n) is 10.3. The number of carboxylic acid groups (broad SMARTS) is 1. The van der Waals surface area contributed by atoms with E-state index >= 15 is 0 Å². The molecular formula is C23H24N4O4. The zero-order chi connectivity index (χ0) is 21.8. The van der Waals surface area contributed by atoms with Crippen molar-refractivity contribution in [2.45, 2.75) is 38.5 Å². The van der Waals surface area contributed by atoms with Crippen LogP contribution in [0.1, 0.15) is 43.1 Å². The summed E-state index contributed by atoms with van der Waals surface area (Å²) in [5.41, 5.74) is 3.22. The molecule has 3 N–H and O–H groups in total. The Morgan fingerprint density at radius 3 is 2.29 bits per heavy atom. The number of aliphatic carboxylic acids is 1. The number of benzene rings is 2. The van der Waals surface area contributed by atoms with Crippen molar-refractivity contribution in [2.75, 3.05) is 10.6 Å². The number of nitrogens with zero attached hydrogens (tertiary/aromatic N) is 2. The molecule has 2 atom stereocenters. The molecule has 8 heteroatoms. The van der Waals surface area contributed by atoms with E-state index in [1.54, 1.807) is 24.3 Å². The van der Waals surface area contributed by atoms with E-state index in [4.69, 9.17) is 4.52 Å². The molecule has 1 aromatic heterocycles. The van der Waals surface area contributed by atoms with Crippen LogP contribution in [0.2, 0.25) is 0 Å². The third-order valence-corrected chi connectivity index (χ3v) is 5.52. The van der Waals surface area contributed by atoms with E-state index in [0.29, 0.717) is 35.9 Å². The van der Waals surface area contributed by atoms with E-state index in [-0.39, 0.29) is 17.9 Å². The van der Waals surface area contributed by atoms with Crippen molar-refractivity contribution in [2.24, 2.45) is 5.92 Å². The monoisotopic (exact) mass is 420 g/mol. The Hall–Kier alpha value is -3.68. The van der Waals surface area contributed by atoms with Gasteiger partial charge in [-0.05, 0) is 62.6 Å². The maximum absolute atomic E-state index is 12.2. The van der Waals surface area contributed by atoms with E-state index < -0.39 is 5.97 Å². The second-order valence-corrected chi connectivity index (χ2v) is 7.88. The summed E-state index contributed by atoms with van der Waals surface area (Å²) >= 11 is 0. The summed E-state index contributed by atoms with van der Waals surface area (Å²) in [6, 6.07) is 14.4. The van der Waals surface area contributed by atoms with Crippen molar-refractivity contribution in [3.8, 4) is 11.4 Å². The first-order valence-corrected chi connectivity index (χ1v) is 10.3. The SMILES string of the molecule is Cc1ccc(NC(=O)Nc2ccc(-c3noc(C4CCCC(C(=O)O)C4)n3)cc2)cc1. The zero-order valence-corrected chi connectivity index (χ0v) is 17.2. The van der Waals surface area contributed by atoms with Crippen molar-refractivity contribution < 1.29 is 19.2 Å². The molecule has 2 amide bonds. The maximum Gasteiger partial charge on any atom is 0.323 e. The molecule has 0 saturated heterocycles. The molecule has 0 aliphatic heterocycles. The molecule has 160 valence electrons. The van der Waals surface area contributed by atoms with Crippen LogP contribution in [0.4, 0.5) is 16.2 Å². The lowest BCUT2D eigenvalue weighted by atomic mass is 9.81. The third-order valence-electron chi connectivity index (χ3n) is 5.52. The molecule has 4 rings (SSSR count). The first kappa shape index (κ1) is 20.6. The van der Waals surface area contributed by atoms with Crippen LogP contribution >= 0.6 is 0 Å². The van der Waals surface area contributed by atoms with Gasteiger partial charge in [-0.2, -0.15) is 4.98 Å². The number of carboxylic acids is 1. The van der Waals surface area contributed by atoms with E-state index in [0.717, 1.165) is 24.0 Å². The molecule has 2 unspecified atom stereocenters. The molecule has 2 aromatic carbocycles. The van der Waals surface area contributed by atoms with Gasteiger partial charge in [0.1, 0.15) is 0 Å². The number of aromatic nitrogens is 2. The second-order valence-electron chi connectivity index (χ2n) is 7.88. The van der Waals surface area contributed by atoms with Gasteiger partial charge in [-0.25, -0.2) is 4.79 Å². The van der Waals surface area contributed by atoms with Gasteiger partial charge in [0.15, 0.2) is 0 Å².